The first kappa shape index (κ1) is 15.0. The van der Waals surface area contributed by atoms with Crippen LogP contribution in [0.25, 0.3) is 0 Å². The summed E-state index contributed by atoms with van der Waals surface area (Å²) in [5, 5.41) is 4.27. The maximum atomic E-state index is 4.42. The number of likely N-dealkylation sites (tertiary alicyclic amines) is 1. The van der Waals surface area contributed by atoms with Crippen LogP contribution < -0.4 is 4.90 Å². The van der Waals surface area contributed by atoms with Gasteiger partial charge in [0.25, 0.3) is 0 Å². The van der Waals surface area contributed by atoms with Crippen LogP contribution in [0, 0.1) is 0 Å². The standard InChI is InChI=1S/C17H25N5/c1-20(2)17-9-15(6-7-18-17)16-5-4-8-22(13-16)12-14-10-19-21(3)11-14/h6-7,9-11,16H,4-5,8,12-13H2,1-3H3. The lowest BCUT2D eigenvalue weighted by Gasteiger charge is -2.33. The lowest BCUT2D eigenvalue weighted by molar-refractivity contribution is 0.200. The maximum absolute atomic E-state index is 4.42. The fourth-order valence-electron chi connectivity index (χ4n) is 3.22. The highest BCUT2D eigenvalue weighted by Gasteiger charge is 2.22. The first-order valence-electron chi connectivity index (χ1n) is 7.95. The van der Waals surface area contributed by atoms with E-state index in [2.05, 4.69) is 38.2 Å². The van der Waals surface area contributed by atoms with Gasteiger partial charge in [-0.3, -0.25) is 9.58 Å². The third-order valence-electron chi connectivity index (χ3n) is 4.37. The number of aryl methyl sites for hydroxylation is 1. The summed E-state index contributed by atoms with van der Waals surface area (Å²) >= 11 is 0. The van der Waals surface area contributed by atoms with E-state index in [9.17, 15) is 0 Å². The van der Waals surface area contributed by atoms with Gasteiger partial charge in [0.15, 0.2) is 0 Å². The molecule has 0 spiro atoms. The lowest BCUT2D eigenvalue weighted by Crippen LogP contribution is -2.33. The minimum Gasteiger partial charge on any atom is -0.363 e. The van der Waals surface area contributed by atoms with Gasteiger partial charge in [-0.1, -0.05) is 0 Å². The summed E-state index contributed by atoms with van der Waals surface area (Å²) in [5.74, 6) is 1.65. The molecule has 0 aromatic carbocycles. The molecular weight excluding hydrogens is 274 g/mol. The van der Waals surface area contributed by atoms with Gasteiger partial charge in [-0.2, -0.15) is 5.10 Å². The van der Waals surface area contributed by atoms with Gasteiger partial charge in [0.1, 0.15) is 5.82 Å². The predicted octanol–water partition coefficient (Wildman–Crippen LogP) is 2.26. The molecule has 0 saturated carbocycles. The Morgan fingerprint density at radius 2 is 2.23 bits per heavy atom. The maximum Gasteiger partial charge on any atom is 0.128 e. The molecule has 1 aliphatic rings. The summed E-state index contributed by atoms with van der Waals surface area (Å²) in [7, 11) is 6.06. The van der Waals surface area contributed by atoms with Crippen LogP contribution in [-0.2, 0) is 13.6 Å². The van der Waals surface area contributed by atoms with Gasteiger partial charge in [0.2, 0.25) is 0 Å². The number of nitrogens with zero attached hydrogens (tertiary/aromatic N) is 5. The predicted molar refractivity (Wildman–Crippen MR) is 89.0 cm³/mol. The Hall–Kier alpha value is -1.88. The Kier molecular flexibility index (Phi) is 4.43. The Balaban J connectivity index is 1.68. The molecule has 1 aliphatic heterocycles. The van der Waals surface area contributed by atoms with Gasteiger partial charge in [-0.05, 0) is 43.0 Å². The van der Waals surface area contributed by atoms with Crippen LogP contribution >= 0.6 is 0 Å². The van der Waals surface area contributed by atoms with Gasteiger partial charge in [0, 0.05) is 52.2 Å². The molecule has 1 saturated heterocycles. The van der Waals surface area contributed by atoms with E-state index in [0.717, 1.165) is 18.9 Å². The highest BCUT2D eigenvalue weighted by atomic mass is 15.2. The number of piperidine rings is 1. The second-order valence-electron chi connectivity index (χ2n) is 6.44. The summed E-state index contributed by atoms with van der Waals surface area (Å²) in [6.07, 6.45) is 8.54. The van der Waals surface area contributed by atoms with Crippen molar-refractivity contribution >= 4 is 5.82 Å². The van der Waals surface area contributed by atoms with Crippen molar-refractivity contribution in [3.8, 4) is 0 Å². The monoisotopic (exact) mass is 299 g/mol. The van der Waals surface area contributed by atoms with Crippen molar-refractivity contribution in [3.05, 3.63) is 41.9 Å². The molecule has 0 N–H and O–H groups in total. The van der Waals surface area contributed by atoms with Crippen molar-refractivity contribution in [2.45, 2.75) is 25.3 Å². The van der Waals surface area contributed by atoms with E-state index in [4.69, 9.17) is 0 Å². The number of hydrogen-bond acceptors (Lipinski definition) is 4. The summed E-state index contributed by atoms with van der Waals surface area (Å²) in [6, 6.07) is 4.41. The third kappa shape index (κ3) is 3.47. The van der Waals surface area contributed by atoms with E-state index in [1.165, 1.54) is 30.5 Å². The minimum absolute atomic E-state index is 0.604. The molecule has 0 amide bonds. The van der Waals surface area contributed by atoms with Gasteiger partial charge < -0.3 is 4.90 Å². The molecule has 1 atom stereocenters. The Morgan fingerprint density at radius 1 is 1.36 bits per heavy atom. The number of anilines is 1. The lowest BCUT2D eigenvalue weighted by atomic mass is 9.91. The zero-order chi connectivity index (χ0) is 15.5. The molecule has 1 fully saturated rings. The van der Waals surface area contributed by atoms with E-state index >= 15 is 0 Å². The molecule has 2 aromatic heterocycles. The minimum atomic E-state index is 0.604. The summed E-state index contributed by atoms with van der Waals surface area (Å²) < 4.78 is 1.88. The van der Waals surface area contributed by atoms with Crippen LogP contribution in [0.5, 0.6) is 0 Å². The Labute approximate surface area is 132 Å². The molecule has 118 valence electrons. The molecule has 3 rings (SSSR count). The molecule has 3 heterocycles. The highest BCUT2D eigenvalue weighted by molar-refractivity contribution is 5.40. The summed E-state index contributed by atoms with van der Waals surface area (Å²) in [4.78, 5) is 9.04. The molecule has 22 heavy (non-hydrogen) atoms. The van der Waals surface area contributed by atoms with Crippen molar-refractivity contribution < 1.29 is 0 Å². The average Bonchev–Trinajstić information content (AvgIpc) is 2.93. The molecule has 5 heteroatoms. The summed E-state index contributed by atoms with van der Waals surface area (Å²) in [5.41, 5.74) is 2.71. The first-order valence-corrected chi connectivity index (χ1v) is 7.95. The van der Waals surface area contributed by atoms with Crippen molar-refractivity contribution in [3.63, 3.8) is 0 Å². The van der Waals surface area contributed by atoms with Gasteiger partial charge in [-0.15, -0.1) is 0 Å². The molecular formula is C17H25N5. The molecule has 5 nitrogen and oxygen atoms in total. The van der Waals surface area contributed by atoms with Gasteiger partial charge in [-0.25, -0.2) is 4.98 Å². The Morgan fingerprint density at radius 3 is 2.95 bits per heavy atom. The van der Waals surface area contributed by atoms with E-state index in [1.807, 2.05) is 38.2 Å². The number of aromatic nitrogens is 3. The number of hydrogen-bond donors (Lipinski definition) is 0. The zero-order valence-electron chi connectivity index (χ0n) is 13.7. The van der Waals surface area contributed by atoms with E-state index in [1.54, 1.807) is 0 Å². The normalized spacial score (nSPS) is 19.3. The zero-order valence-corrected chi connectivity index (χ0v) is 13.7. The largest absolute Gasteiger partial charge is 0.363 e. The fraction of sp³-hybridized carbons (Fsp3) is 0.529. The number of rotatable bonds is 4. The van der Waals surface area contributed by atoms with Crippen LogP contribution in [0.1, 0.15) is 29.9 Å². The van der Waals surface area contributed by atoms with Crippen LogP contribution in [0.3, 0.4) is 0 Å². The smallest absolute Gasteiger partial charge is 0.128 e. The third-order valence-corrected chi connectivity index (χ3v) is 4.37. The molecule has 2 aromatic rings. The van der Waals surface area contributed by atoms with Crippen molar-refractivity contribution in [1.29, 1.82) is 0 Å². The van der Waals surface area contributed by atoms with E-state index in [0.29, 0.717) is 5.92 Å². The second kappa shape index (κ2) is 6.48. The van der Waals surface area contributed by atoms with Crippen molar-refractivity contribution in [2.24, 2.45) is 7.05 Å². The van der Waals surface area contributed by atoms with E-state index < -0.39 is 0 Å². The van der Waals surface area contributed by atoms with Crippen LogP contribution in [0.2, 0.25) is 0 Å². The van der Waals surface area contributed by atoms with Gasteiger partial charge >= 0.3 is 0 Å². The second-order valence-corrected chi connectivity index (χ2v) is 6.44. The van der Waals surface area contributed by atoms with Crippen LogP contribution in [0.15, 0.2) is 30.7 Å². The van der Waals surface area contributed by atoms with E-state index in [-0.39, 0.29) is 0 Å². The van der Waals surface area contributed by atoms with Crippen molar-refractivity contribution in [2.75, 3.05) is 32.1 Å². The average molecular weight is 299 g/mol. The van der Waals surface area contributed by atoms with Crippen molar-refractivity contribution in [1.82, 2.24) is 19.7 Å². The quantitative estimate of drug-likeness (QED) is 0.868. The first-order chi connectivity index (χ1) is 10.6. The Bertz CT molecular complexity index is 619. The highest BCUT2D eigenvalue weighted by Crippen LogP contribution is 2.28. The topological polar surface area (TPSA) is 37.2 Å². The molecule has 0 radical (unpaired) electrons. The van der Waals surface area contributed by atoms with Crippen LogP contribution in [0.4, 0.5) is 5.82 Å². The SMILES string of the molecule is CN(C)c1cc(C2CCCN(Cc3cnn(C)c3)C2)ccn1. The molecule has 0 bridgehead atoms. The number of pyridine rings is 1. The molecule has 0 aliphatic carbocycles. The van der Waals surface area contributed by atoms with Crippen LogP contribution in [-0.4, -0.2) is 46.8 Å². The fourth-order valence-corrected chi connectivity index (χ4v) is 3.22. The van der Waals surface area contributed by atoms with Gasteiger partial charge in [0.05, 0.1) is 6.20 Å². The molecule has 1 unspecified atom stereocenters. The summed E-state index contributed by atoms with van der Waals surface area (Å²) in [6.45, 7) is 3.29.